The zero-order chi connectivity index (χ0) is 13.8. The molecule has 0 unspecified atom stereocenters. The van der Waals surface area contributed by atoms with Crippen molar-refractivity contribution in [2.75, 3.05) is 24.7 Å². The normalized spacial score (nSPS) is 13.8. The fourth-order valence-electron chi connectivity index (χ4n) is 2.03. The maximum atomic E-state index is 11.8. The minimum absolute atomic E-state index is 0.00373. The van der Waals surface area contributed by atoms with Crippen LogP contribution in [0.1, 0.15) is 30.6 Å². The van der Waals surface area contributed by atoms with E-state index in [1.165, 1.54) is 0 Å². The van der Waals surface area contributed by atoms with E-state index in [9.17, 15) is 9.59 Å². The maximum absolute atomic E-state index is 11.8. The summed E-state index contributed by atoms with van der Waals surface area (Å²) in [6.45, 7) is 4.96. The van der Waals surface area contributed by atoms with Crippen molar-refractivity contribution in [1.82, 2.24) is 0 Å². The Hall–Kier alpha value is -2.04. The molecule has 1 aromatic carbocycles. The van der Waals surface area contributed by atoms with Gasteiger partial charge < -0.3 is 14.4 Å². The third-order valence-corrected chi connectivity index (χ3v) is 2.90. The molecule has 0 spiro atoms. The van der Waals surface area contributed by atoms with Gasteiger partial charge in [-0.2, -0.15) is 0 Å². The lowest BCUT2D eigenvalue weighted by atomic mass is 10.1. The van der Waals surface area contributed by atoms with Crippen LogP contribution in [0, 0.1) is 0 Å². The van der Waals surface area contributed by atoms with Gasteiger partial charge in [0, 0.05) is 12.1 Å². The number of benzene rings is 1. The first kappa shape index (κ1) is 13.4. The number of amides is 1. The van der Waals surface area contributed by atoms with E-state index in [0.29, 0.717) is 35.9 Å². The number of carbonyl (C=O) groups excluding carboxylic acids is 2. The van der Waals surface area contributed by atoms with Crippen LogP contribution < -0.4 is 14.4 Å². The molecule has 1 amide bonds. The van der Waals surface area contributed by atoms with Crippen molar-refractivity contribution in [3.05, 3.63) is 17.7 Å². The number of hydrogen-bond donors (Lipinski definition) is 0. The van der Waals surface area contributed by atoms with Crippen molar-refractivity contribution < 1.29 is 19.1 Å². The van der Waals surface area contributed by atoms with Crippen molar-refractivity contribution in [1.29, 1.82) is 0 Å². The van der Waals surface area contributed by atoms with Crippen LogP contribution in [-0.2, 0) is 4.79 Å². The van der Waals surface area contributed by atoms with Crippen LogP contribution in [0.3, 0.4) is 0 Å². The lowest BCUT2D eigenvalue weighted by molar-refractivity contribution is -0.121. The first-order valence-corrected chi connectivity index (χ1v) is 6.40. The highest BCUT2D eigenvalue weighted by Gasteiger charge is 2.27. The Labute approximate surface area is 112 Å². The van der Waals surface area contributed by atoms with Gasteiger partial charge in [0.2, 0.25) is 0 Å². The lowest BCUT2D eigenvalue weighted by Crippen LogP contribution is -2.38. The van der Waals surface area contributed by atoms with Gasteiger partial charge in [0.05, 0.1) is 12.3 Å². The molecule has 0 aliphatic carbocycles. The zero-order valence-corrected chi connectivity index (χ0v) is 11.1. The van der Waals surface area contributed by atoms with Crippen LogP contribution in [0.15, 0.2) is 12.1 Å². The molecule has 0 saturated heterocycles. The third kappa shape index (κ3) is 2.54. The van der Waals surface area contributed by atoms with Gasteiger partial charge in [0.1, 0.15) is 6.29 Å². The second-order valence-corrected chi connectivity index (χ2v) is 4.26. The Morgan fingerprint density at radius 3 is 2.84 bits per heavy atom. The maximum Gasteiger partial charge on any atom is 0.265 e. The van der Waals surface area contributed by atoms with Crippen LogP contribution in [0.4, 0.5) is 5.69 Å². The van der Waals surface area contributed by atoms with E-state index in [1.54, 1.807) is 17.0 Å². The van der Waals surface area contributed by atoms with E-state index in [2.05, 4.69) is 0 Å². The lowest BCUT2D eigenvalue weighted by Gasteiger charge is -2.29. The number of aldehydes is 1. The average molecular weight is 263 g/mol. The Kier molecular flexibility index (Phi) is 4.04. The van der Waals surface area contributed by atoms with Crippen LogP contribution in [0.5, 0.6) is 11.5 Å². The average Bonchev–Trinajstić information content (AvgIpc) is 2.44. The molecule has 1 aromatic rings. The molecule has 0 aromatic heterocycles. The molecule has 5 heteroatoms. The largest absolute Gasteiger partial charge is 0.490 e. The van der Waals surface area contributed by atoms with Crippen molar-refractivity contribution in [3.63, 3.8) is 0 Å². The van der Waals surface area contributed by atoms with E-state index >= 15 is 0 Å². The topological polar surface area (TPSA) is 55.8 Å². The van der Waals surface area contributed by atoms with E-state index in [1.807, 2.05) is 13.8 Å². The summed E-state index contributed by atoms with van der Waals surface area (Å²) in [5.41, 5.74) is 1.08. The molecule has 5 nitrogen and oxygen atoms in total. The van der Waals surface area contributed by atoms with Crippen LogP contribution >= 0.6 is 0 Å². The van der Waals surface area contributed by atoms with Crippen LogP contribution in [0.2, 0.25) is 0 Å². The highest BCUT2D eigenvalue weighted by Crippen LogP contribution is 2.41. The molecule has 0 N–H and O–H groups in total. The third-order valence-electron chi connectivity index (χ3n) is 2.90. The molecular formula is C14H17NO4. The monoisotopic (exact) mass is 263 g/mol. The smallest absolute Gasteiger partial charge is 0.265 e. The van der Waals surface area contributed by atoms with Crippen molar-refractivity contribution in [3.8, 4) is 11.5 Å². The second-order valence-electron chi connectivity index (χ2n) is 4.26. The fraction of sp³-hybridized carbons (Fsp3) is 0.429. The van der Waals surface area contributed by atoms with Gasteiger partial charge in [-0.1, -0.05) is 6.92 Å². The van der Waals surface area contributed by atoms with Crippen molar-refractivity contribution >= 4 is 17.9 Å². The minimum Gasteiger partial charge on any atom is -0.490 e. The predicted molar refractivity (Wildman–Crippen MR) is 71.1 cm³/mol. The quantitative estimate of drug-likeness (QED) is 0.763. The Balaban J connectivity index is 2.48. The first-order valence-electron chi connectivity index (χ1n) is 6.40. The Morgan fingerprint density at radius 1 is 1.42 bits per heavy atom. The summed E-state index contributed by atoms with van der Waals surface area (Å²) >= 11 is 0. The SMILES string of the molecule is CCCOc1cc(C=O)cc2c1OCC(=O)N2CC. The molecular weight excluding hydrogens is 246 g/mol. The molecule has 0 radical (unpaired) electrons. The summed E-state index contributed by atoms with van der Waals surface area (Å²) in [6.07, 6.45) is 1.60. The summed E-state index contributed by atoms with van der Waals surface area (Å²) in [4.78, 5) is 24.4. The number of ether oxygens (including phenoxy) is 2. The van der Waals surface area contributed by atoms with E-state index in [4.69, 9.17) is 9.47 Å². The summed E-state index contributed by atoms with van der Waals surface area (Å²) in [6, 6.07) is 3.30. The highest BCUT2D eigenvalue weighted by atomic mass is 16.5. The summed E-state index contributed by atoms with van der Waals surface area (Å²) in [5, 5.41) is 0. The molecule has 102 valence electrons. The molecule has 0 bridgehead atoms. The highest BCUT2D eigenvalue weighted by molar-refractivity contribution is 5.99. The van der Waals surface area contributed by atoms with Gasteiger partial charge in [0.15, 0.2) is 18.1 Å². The van der Waals surface area contributed by atoms with E-state index in [0.717, 1.165) is 12.7 Å². The van der Waals surface area contributed by atoms with Gasteiger partial charge >= 0.3 is 0 Å². The molecule has 19 heavy (non-hydrogen) atoms. The number of anilines is 1. The molecule has 0 fully saturated rings. The summed E-state index contributed by atoms with van der Waals surface area (Å²) < 4.78 is 11.1. The number of hydrogen-bond acceptors (Lipinski definition) is 4. The summed E-state index contributed by atoms with van der Waals surface area (Å²) in [5.74, 6) is 0.951. The molecule has 1 heterocycles. The minimum atomic E-state index is -0.112. The van der Waals surface area contributed by atoms with Crippen molar-refractivity contribution in [2.24, 2.45) is 0 Å². The number of rotatable bonds is 5. The van der Waals surface area contributed by atoms with Gasteiger partial charge in [0.25, 0.3) is 5.91 Å². The van der Waals surface area contributed by atoms with Gasteiger partial charge in [-0.05, 0) is 25.5 Å². The van der Waals surface area contributed by atoms with Crippen molar-refractivity contribution in [2.45, 2.75) is 20.3 Å². The Bertz CT molecular complexity index is 498. The van der Waals surface area contributed by atoms with Crippen LogP contribution in [0.25, 0.3) is 0 Å². The van der Waals surface area contributed by atoms with E-state index in [-0.39, 0.29) is 12.5 Å². The summed E-state index contributed by atoms with van der Waals surface area (Å²) in [7, 11) is 0. The first-order chi connectivity index (χ1) is 9.21. The second kappa shape index (κ2) is 5.73. The molecule has 2 rings (SSSR count). The number of fused-ring (bicyclic) bond motifs is 1. The molecule has 1 aliphatic rings. The predicted octanol–water partition coefficient (Wildman–Crippen LogP) is 2.03. The van der Waals surface area contributed by atoms with E-state index < -0.39 is 0 Å². The van der Waals surface area contributed by atoms with Gasteiger partial charge in [-0.15, -0.1) is 0 Å². The molecule has 0 atom stereocenters. The number of nitrogens with zero attached hydrogens (tertiary/aromatic N) is 1. The fourth-order valence-corrected chi connectivity index (χ4v) is 2.03. The number of likely N-dealkylation sites (N-methyl/N-ethyl adjacent to an activating group) is 1. The van der Waals surface area contributed by atoms with Crippen LogP contribution in [-0.4, -0.2) is 32.0 Å². The standard InChI is InChI=1S/C14H17NO4/c1-3-5-18-12-7-10(8-16)6-11-14(12)19-9-13(17)15(11)4-2/h6-8H,3-5,9H2,1-2H3. The van der Waals surface area contributed by atoms with Gasteiger partial charge in [-0.25, -0.2) is 0 Å². The Morgan fingerprint density at radius 2 is 2.21 bits per heavy atom. The number of carbonyl (C=O) groups is 2. The molecule has 1 aliphatic heterocycles. The van der Waals surface area contributed by atoms with Gasteiger partial charge in [-0.3, -0.25) is 9.59 Å². The molecule has 0 saturated carbocycles. The zero-order valence-electron chi connectivity index (χ0n) is 11.1.